The van der Waals surface area contributed by atoms with Gasteiger partial charge in [-0.05, 0) is 42.5 Å². The van der Waals surface area contributed by atoms with Crippen molar-refractivity contribution in [3.63, 3.8) is 0 Å². The van der Waals surface area contributed by atoms with Crippen LogP contribution in [0.2, 0.25) is 0 Å². The third kappa shape index (κ3) is 2.12. The fraction of sp³-hybridized carbons (Fsp3) is 0.417. The van der Waals surface area contributed by atoms with E-state index >= 15 is 0 Å². The smallest absolute Gasteiger partial charge is 0.303 e. The summed E-state index contributed by atoms with van der Waals surface area (Å²) in [5.74, 6) is -0.0380. The first kappa shape index (κ1) is 10.0. The molecule has 1 aliphatic rings. The van der Waals surface area contributed by atoms with Crippen LogP contribution in [-0.4, -0.2) is 11.1 Å². The Kier molecular flexibility index (Phi) is 2.62. The van der Waals surface area contributed by atoms with Gasteiger partial charge in [-0.25, -0.2) is 0 Å². The Morgan fingerprint density at radius 2 is 2.33 bits per heavy atom. The average molecular weight is 206 g/mol. The number of ether oxygens (including phenoxy) is 1. The minimum absolute atomic E-state index is 0.182. The molecule has 1 aliphatic carbocycles. The topological polar surface area (TPSA) is 46.5 Å². The van der Waals surface area contributed by atoms with Crippen LogP contribution >= 0.6 is 0 Å². The number of phenols is 1. The first-order chi connectivity index (χ1) is 7.16. The van der Waals surface area contributed by atoms with E-state index in [1.165, 1.54) is 12.5 Å². The lowest BCUT2D eigenvalue weighted by atomic mass is 9.89. The first-order valence-corrected chi connectivity index (χ1v) is 5.16. The lowest BCUT2D eigenvalue weighted by molar-refractivity contribution is -0.147. The van der Waals surface area contributed by atoms with Crippen LogP contribution in [0, 0.1) is 0 Å². The van der Waals surface area contributed by atoms with E-state index in [9.17, 15) is 9.90 Å². The molecule has 15 heavy (non-hydrogen) atoms. The lowest BCUT2D eigenvalue weighted by Crippen LogP contribution is -2.15. The van der Waals surface area contributed by atoms with Crippen LogP contribution in [0.15, 0.2) is 18.2 Å². The molecule has 0 heterocycles. The van der Waals surface area contributed by atoms with E-state index in [0.29, 0.717) is 0 Å². The van der Waals surface area contributed by atoms with Crippen molar-refractivity contribution in [1.29, 1.82) is 0 Å². The van der Waals surface area contributed by atoms with Gasteiger partial charge in [0.25, 0.3) is 0 Å². The Morgan fingerprint density at radius 3 is 3.07 bits per heavy atom. The SMILES string of the molecule is CC(=O)OC1CCCc2ccc(O)cc21. The lowest BCUT2D eigenvalue weighted by Gasteiger charge is -2.25. The predicted octanol–water partition coefficient (Wildman–Crippen LogP) is 2.33. The van der Waals surface area contributed by atoms with E-state index in [0.717, 1.165) is 24.8 Å². The maximum Gasteiger partial charge on any atom is 0.303 e. The van der Waals surface area contributed by atoms with Crippen LogP contribution in [0.3, 0.4) is 0 Å². The second-order valence-electron chi connectivity index (χ2n) is 3.87. The van der Waals surface area contributed by atoms with Crippen LogP contribution in [0.1, 0.15) is 37.0 Å². The molecule has 0 bridgehead atoms. The van der Waals surface area contributed by atoms with Gasteiger partial charge in [-0.3, -0.25) is 4.79 Å². The molecule has 3 heteroatoms. The largest absolute Gasteiger partial charge is 0.508 e. The number of aryl methyl sites for hydroxylation is 1. The van der Waals surface area contributed by atoms with Crippen LogP contribution < -0.4 is 0 Å². The molecular weight excluding hydrogens is 192 g/mol. The van der Waals surface area contributed by atoms with Crippen molar-refractivity contribution in [2.45, 2.75) is 32.3 Å². The molecule has 1 unspecified atom stereocenters. The van der Waals surface area contributed by atoms with Crippen molar-refractivity contribution in [1.82, 2.24) is 0 Å². The Hall–Kier alpha value is -1.51. The van der Waals surface area contributed by atoms with Crippen LogP contribution in [0.5, 0.6) is 5.75 Å². The molecule has 0 aliphatic heterocycles. The molecular formula is C12H14O3. The number of hydrogen-bond acceptors (Lipinski definition) is 3. The summed E-state index contributed by atoms with van der Waals surface area (Å²) in [4.78, 5) is 10.9. The summed E-state index contributed by atoms with van der Waals surface area (Å²) in [5, 5.41) is 9.40. The molecule has 0 aromatic heterocycles. The highest BCUT2D eigenvalue weighted by molar-refractivity contribution is 5.66. The minimum atomic E-state index is -0.267. The molecule has 3 nitrogen and oxygen atoms in total. The van der Waals surface area contributed by atoms with Crippen LogP contribution in [-0.2, 0) is 16.0 Å². The maximum absolute atomic E-state index is 10.9. The number of rotatable bonds is 1. The molecule has 80 valence electrons. The molecule has 0 amide bonds. The number of benzene rings is 1. The van der Waals surface area contributed by atoms with E-state index < -0.39 is 0 Å². The zero-order valence-electron chi connectivity index (χ0n) is 8.69. The van der Waals surface area contributed by atoms with Gasteiger partial charge in [0.05, 0.1) is 0 Å². The highest BCUT2D eigenvalue weighted by Crippen LogP contribution is 2.34. The third-order valence-electron chi connectivity index (χ3n) is 2.70. The van der Waals surface area contributed by atoms with E-state index in [1.807, 2.05) is 6.07 Å². The number of carbonyl (C=O) groups is 1. The second-order valence-corrected chi connectivity index (χ2v) is 3.87. The fourth-order valence-electron chi connectivity index (χ4n) is 2.07. The molecule has 0 saturated carbocycles. The molecule has 1 atom stereocenters. The summed E-state index contributed by atoms with van der Waals surface area (Å²) in [6.07, 6.45) is 2.68. The Balaban J connectivity index is 2.32. The molecule has 1 N–H and O–H groups in total. The number of aromatic hydroxyl groups is 1. The molecule has 1 aromatic carbocycles. The fourth-order valence-corrected chi connectivity index (χ4v) is 2.07. The summed E-state index contributed by atoms with van der Waals surface area (Å²) in [7, 11) is 0. The van der Waals surface area contributed by atoms with E-state index in [1.54, 1.807) is 12.1 Å². The number of phenolic OH excluding ortho intramolecular Hbond substituents is 1. The van der Waals surface area contributed by atoms with E-state index in [-0.39, 0.29) is 17.8 Å². The summed E-state index contributed by atoms with van der Waals surface area (Å²) < 4.78 is 5.22. The third-order valence-corrected chi connectivity index (χ3v) is 2.70. The molecule has 0 saturated heterocycles. The Labute approximate surface area is 88.7 Å². The van der Waals surface area contributed by atoms with Gasteiger partial charge < -0.3 is 9.84 Å². The van der Waals surface area contributed by atoms with Gasteiger partial charge >= 0.3 is 5.97 Å². The van der Waals surface area contributed by atoms with Gasteiger partial charge in [-0.2, -0.15) is 0 Å². The van der Waals surface area contributed by atoms with Gasteiger partial charge in [0.2, 0.25) is 0 Å². The van der Waals surface area contributed by atoms with Crippen molar-refractivity contribution in [3.8, 4) is 5.75 Å². The van der Waals surface area contributed by atoms with E-state index in [2.05, 4.69) is 0 Å². The average Bonchev–Trinajstić information content (AvgIpc) is 2.18. The van der Waals surface area contributed by atoms with Gasteiger partial charge in [0.15, 0.2) is 0 Å². The van der Waals surface area contributed by atoms with Gasteiger partial charge in [-0.1, -0.05) is 6.07 Å². The molecule has 0 spiro atoms. The minimum Gasteiger partial charge on any atom is -0.508 e. The van der Waals surface area contributed by atoms with E-state index in [4.69, 9.17) is 4.74 Å². The second kappa shape index (κ2) is 3.93. The highest BCUT2D eigenvalue weighted by atomic mass is 16.5. The normalized spacial score (nSPS) is 19.4. The number of hydrogen-bond donors (Lipinski definition) is 1. The molecule has 1 aromatic rings. The van der Waals surface area contributed by atoms with Gasteiger partial charge in [-0.15, -0.1) is 0 Å². The summed E-state index contributed by atoms with van der Waals surface area (Å²) in [5.41, 5.74) is 2.13. The first-order valence-electron chi connectivity index (χ1n) is 5.16. The number of fused-ring (bicyclic) bond motifs is 1. The maximum atomic E-state index is 10.9. The number of carbonyl (C=O) groups excluding carboxylic acids is 1. The zero-order chi connectivity index (χ0) is 10.8. The summed E-state index contributed by atoms with van der Waals surface area (Å²) in [6, 6.07) is 5.28. The van der Waals surface area contributed by atoms with Crippen LogP contribution in [0.4, 0.5) is 0 Å². The van der Waals surface area contributed by atoms with Crippen molar-refractivity contribution in [2.24, 2.45) is 0 Å². The molecule has 2 rings (SSSR count). The quantitative estimate of drug-likeness (QED) is 0.717. The van der Waals surface area contributed by atoms with Crippen molar-refractivity contribution in [2.75, 3.05) is 0 Å². The van der Waals surface area contributed by atoms with Gasteiger partial charge in [0.1, 0.15) is 11.9 Å². The standard InChI is InChI=1S/C12H14O3/c1-8(13)15-12-4-2-3-9-5-6-10(14)7-11(9)12/h5-7,12,14H,2-4H2,1H3. The Morgan fingerprint density at radius 1 is 1.53 bits per heavy atom. The number of esters is 1. The van der Waals surface area contributed by atoms with Crippen LogP contribution in [0.25, 0.3) is 0 Å². The van der Waals surface area contributed by atoms with Crippen molar-refractivity contribution >= 4 is 5.97 Å². The van der Waals surface area contributed by atoms with Crippen molar-refractivity contribution < 1.29 is 14.6 Å². The Bertz CT molecular complexity index is 384. The summed E-state index contributed by atoms with van der Waals surface area (Å²) >= 11 is 0. The summed E-state index contributed by atoms with van der Waals surface area (Å²) in [6.45, 7) is 1.41. The van der Waals surface area contributed by atoms with Crippen molar-refractivity contribution in [3.05, 3.63) is 29.3 Å². The molecule has 0 fully saturated rings. The monoisotopic (exact) mass is 206 g/mol. The zero-order valence-corrected chi connectivity index (χ0v) is 8.69. The highest BCUT2D eigenvalue weighted by Gasteiger charge is 2.22. The predicted molar refractivity (Wildman–Crippen MR) is 55.6 cm³/mol. The van der Waals surface area contributed by atoms with Gasteiger partial charge in [0, 0.05) is 6.92 Å². The molecule has 0 radical (unpaired) electrons.